The van der Waals surface area contributed by atoms with Crippen molar-refractivity contribution < 1.29 is 14.3 Å². The number of nitrogens with one attached hydrogen (secondary N) is 1. The summed E-state index contributed by atoms with van der Waals surface area (Å²) in [6.07, 6.45) is 0.839. The predicted molar refractivity (Wildman–Crippen MR) is 86.8 cm³/mol. The third kappa shape index (κ3) is 3.05. The van der Waals surface area contributed by atoms with Crippen molar-refractivity contribution in [2.45, 2.75) is 6.42 Å². The molecule has 7 nitrogen and oxygen atoms in total. The molecule has 0 saturated carbocycles. The number of nitrogens with zero attached hydrogens (tertiary/aromatic N) is 3. The highest BCUT2D eigenvalue weighted by Gasteiger charge is 2.36. The summed E-state index contributed by atoms with van der Waals surface area (Å²) in [4.78, 5) is 32.5. The normalized spacial score (nSPS) is 16.6. The number of hydrogen-bond donors (Lipinski definition) is 1. The van der Waals surface area contributed by atoms with Crippen LogP contribution >= 0.6 is 0 Å². The second-order valence-corrected chi connectivity index (χ2v) is 5.44. The van der Waals surface area contributed by atoms with Crippen molar-refractivity contribution in [2.75, 3.05) is 44.8 Å². The van der Waals surface area contributed by atoms with Gasteiger partial charge in [-0.15, -0.1) is 0 Å². The van der Waals surface area contributed by atoms with Gasteiger partial charge in [-0.25, -0.2) is 4.79 Å². The van der Waals surface area contributed by atoms with Crippen molar-refractivity contribution >= 4 is 23.5 Å². The van der Waals surface area contributed by atoms with E-state index >= 15 is 0 Å². The molecule has 0 aliphatic carbocycles. The van der Waals surface area contributed by atoms with Gasteiger partial charge in [-0.05, 0) is 18.6 Å². The molecule has 122 valence electrons. The number of para-hydroxylation sites is 1. The number of amides is 3. The van der Waals surface area contributed by atoms with E-state index in [0.29, 0.717) is 25.5 Å². The smallest absolute Gasteiger partial charge is 0.330 e. The van der Waals surface area contributed by atoms with Crippen LogP contribution in [-0.4, -0.2) is 62.6 Å². The minimum Gasteiger partial charge on any atom is -0.383 e. The molecular formula is C16H20N4O3. The molecule has 0 bridgehead atoms. The minimum absolute atomic E-state index is 0.0106. The van der Waals surface area contributed by atoms with Crippen molar-refractivity contribution in [2.24, 2.45) is 4.99 Å². The zero-order valence-corrected chi connectivity index (χ0v) is 13.1. The number of carbonyl (C=O) groups is 2. The van der Waals surface area contributed by atoms with E-state index in [0.717, 1.165) is 24.2 Å². The van der Waals surface area contributed by atoms with Gasteiger partial charge in [0.25, 0.3) is 0 Å². The minimum atomic E-state index is -0.206. The van der Waals surface area contributed by atoms with Crippen LogP contribution in [0.1, 0.15) is 12.0 Å². The van der Waals surface area contributed by atoms with Gasteiger partial charge in [0.05, 0.1) is 12.3 Å². The topological polar surface area (TPSA) is 74.2 Å². The summed E-state index contributed by atoms with van der Waals surface area (Å²) in [5.41, 5.74) is 1.63. The molecule has 2 aliphatic rings. The molecule has 0 spiro atoms. The van der Waals surface area contributed by atoms with Crippen LogP contribution in [0.4, 0.5) is 10.5 Å². The van der Waals surface area contributed by atoms with Gasteiger partial charge in [-0.3, -0.25) is 19.6 Å². The maximum absolute atomic E-state index is 12.8. The second-order valence-electron chi connectivity index (χ2n) is 5.44. The zero-order chi connectivity index (χ0) is 16.2. The largest absolute Gasteiger partial charge is 0.383 e. The third-order valence-corrected chi connectivity index (χ3v) is 3.88. The number of anilines is 1. The lowest BCUT2D eigenvalue weighted by Gasteiger charge is -2.39. The number of urea groups is 1. The molecule has 0 atom stereocenters. The Bertz CT molecular complexity index is 644. The fraction of sp³-hybridized carbons (Fsp3) is 0.438. The highest BCUT2D eigenvalue weighted by Crippen LogP contribution is 2.30. The average molecular weight is 316 g/mol. The van der Waals surface area contributed by atoms with Crippen LogP contribution in [0, 0.1) is 0 Å². The van der Waals surface area contributed by atoms with Crippen molar-refractivity contribution in [3.63, 3.8) is 0 Å². The zero-order valence-electron chi connectivity index (χ0n) is 13.1. The monoisotopic (exact) mass is 316 g/mol. The van der Waals surface area contributed by atoms with E-state index in [4.69, 9.17) is 4.74 Å². The summed E-state index contributed by atoms with van der Waals surface area (Å²) in [7, 11) is 1.58. The van der Waals surface area contributed by atoms with Gasteiger partial charge in [0.1, 0.15) is 12.4 Å². The SMILES string of the molecule is COCCNC(=O)CN1C(=O)N2CCCN=C2c2ccccc21. The lowest BCUT2D eigenvalue weighted by Crippen LogP contribution is -2.55. The van der Waals surface area contributed by atoms with Crippen molar-refractivity contribution in [1.29, 1.82) is 0 Å². The summed E-state index contributed by atoms with van der Waals surface area (Å²) in [6, 6.07) is 7.38. The van der Waals surface area contributed by atoms with Gasteiger partial charge < -0.3 is 10.1 Å². The summed E-state index contributed by atoms with van der Waals surface area (Å²) in [6.45, 7) is 2.22. The number of carbonyl (C=O) groups excluding carboxylic acids is 2. The van der Waals surface area contributed by atoms with Crippen LogP contribution in [0.3, 0.4) is 0 Å². The Labute approximate surface area is 134 Å². The summed E-state index contributed by atoms with van der Waals surface area (Å²) in [5.74, 6) is 0.510. The number of benzene rings is 1. The maximum atomic E-state index is 12.8. The van der Waals surface area contributed by atoms with Crippen LogP contribution in [0.2, 0.25) is 0 Å². The van der Waals surface area contributed by atoms with E-state index in [9.17, 15) is 9.59 Å². The van der Waals surface area contributed by atoms with Crippen LogP contribution in [0.5, 0.6) is 0 Å². The molecule has 0 fully saturated rings. The van der Waals surface area contributed by atoms with Crippen LogP contribution in [0.25, 0.3) is 0 Å². The van der Waals surface area contributed by atoms with Crippen LogP contribution in [0.15, 0.2) is 29.3 Å². The first-order valence-corrected chi connectivity index (χ1v) is 7.71. The van der Waals surface area contributed by atoms with Crippen molar-refractivity contribution in [3.05, 3.63) is 29.8 Å². The number of ether oxygens (including phenoxy) is 1. The van der Waals surface area contributed by atoms with E-state index < -0.39 is 0 Å². The molecule has 1 aromatic rings. The standard InChI is InChI=1S/C16H20N4O3/c1-23-10-8-17-14(21)11-20-13-6-3-2-5-12(13)15-18-7-4-9-19(15)16(20)22/h2-3,5-6H,4,7-11H2,1H3,(H,17,21). The number of aliphatic imine (C=N–C) groups is 1. The first-order valence-electron chi connectivity index (χ1n) is 7.71. The second kappa shape index (κ2) is 6.78. The Hall–Kier alpha value is -2.41. The molecule has 0 aromatic heterocycles. The average Bonchev–Trinajstić information content (AvgIpc) is 2.59. The van der Waals surface area contributed by atoms with E-state index in [-0.39, 0.29) is 18.5 Å². The van der Waals surface area contributed by atoms with Gasteiger partial charge in [-0.2, -0.15) is 0 Å². The highest BCUT2D eigenvalue weighted by molar-refractivity contribution is 6.20. The quantitative estimate of drug-likeness (QED) is 0.818. The van der Waals surface area contributed by atoms with Crippen LogP contribution in [-0.2, 0) is 9.53 Å². The van der Waals surface area contributed by atoms with E-state index in [1.165, 1.54) is 4.90 Å². The third-order valence-electron chi connectivity index (χ3n) is 3.88. The molecule has 2 aliphatic heterocycles. The Balaban J connectivity index is 1.85. The number of methoxy groups -OCH3 is 1. The molecule has 23 heavy (non-hydrogen) atoms. The predicted octanol–water partition coefficient (Wildman–Crippen LogP) is 0.842. The lowest BCUT2D eigenvalue weighted by molar-refractivity contribution is -0.119. The van der Waals surface area contributed by atoms with Gasteiger partial charge in [0.15, 0.2) is 0 Å². The number of amidine groups is 1. The van der Waals surface area contributed by atoms with Gasteiger partial charge >= 0.3 is 6.03 Å². The molecule has 0 radical (unpaired) electrons. The Morgan fingerprint density at radius 3 is 3.04 bits per heavy atom. The van der Waals surface area contributed by atoms with Gasteiger partial charge in [0, 0.05) is 32.3 Å². The van der Waals surface area contributed by atoms with E-state index in [2.05, 4.69) is 10.3 Å². The first-order chi connectivity index (χ1) is 11.2. The number of rotatable bonds is 5. The summed E-state index contributed by atoms with van der Waals surface area (Å²) in [5, 5.41) is 2.75. The lowest BCUT2D eigenvalue weighted by atomic mass is 10.1. The molecule has 7 heteroatoms. The van der Waals surface area contributed by atoms with E-state index in [1.54, 1.807) is 12.0 Å². The molecule has 1 aromatic carbocycles. The fourth-order valence-electron chi connectivity index (χ4n) is 2.81. The molecule has 0 saturated heterocycles. The molecule has 3 amide bonds. The molecular weight excluding hydrogens is 296 g/mol. The highest BCUT2D eigenvalue weighted by atomic mass is 16.5. The van der Waals surface area contributed by atoms with Gasteiger partial charge in [0.2, 0.25) is 5.91 Å². The molecule has 3 rings (SSSR count). The first kappa shape index (κ1) is 15.5. The molecule has 2 heterocycles. The van der Waals surface area contributed by atoms with E-state index in [1.807, 2.05) is 24.3 Å². The van der Waals surface area contributed by atoms with Crippen LogP contribution < -0.4 is 10.2 Å². The molecule has 0 unspecified atom stereocenters. The van der Waals surface area contributed by atoms with Crippen molar-refractivity contribution in [3.8, 4) is 0 Å². The Morgan fingerprint density at radius 1 is 1.39 bits per heavy atom. The Morgan fingerprint density at radius 2 is 2.22 bits per heavy atom. The summed E-state index contributed by atoms with van der Waals surface area (Å²) >= 11 is 0. The fourth-order valence-corrected chi connectivity index (χ4v) is 2.81. The maximum Gasteiger partial charge on any atom is 0.330 e. The van der Waals surface area contributed by atoms with Gasteiger partial charge in [-0.1, -0.05) is 12.1 Å². The number of fused-ring (bicyclic) bond motifs is 3. The number of hydrogen-bond acceptors (Lipinski definition) is 4. The summed E-state index contributed by atoms with van der Waals surface area (Å²) < 4.78 is 4.91. The van der Waals surface area contributed by atoms with Crippen molar-refractivity contribution in [1.82, 2.24) is 10.2 Å². The Kier molecular flexibility index (Phi) is 4.57. The molecule has 1 N–H and O–H groups in total.